The minimum atomic E-state index is -1.13. The molecule has 0 saturated carbocycles. The number of nitrogens with one attached hydrogen (secondary N) is 1. The molecule has 0 spiro atoms. The highest BCUT2D eigenvalue weighted by molar-refractivity contribution is 5.84. The van der Waals surface area contributed by atoms with Crippen LogP contribution in [0.15, 0.2) is 34.9 Å². The van der Waals surface area contributed by atoms with Crippen LogP contribution in [0, 0.1) is 5.82 Å². The lowest BCUT2D eigenvalue weighted by molar-refractivity contribution is -0.142. The Kier molecular flexibility index (Phi) is 6.68. The van der Waals surface area contributed by atoms with Crippen molar-refractivity contribution in [3.05, 3.63) is 42.0 Å². The molecule has 1 heterocycles. The number of nitrogens with zero attached hydrogens (tertiary/aromatic N) is 1. The molecule has 0 aliphatic rings. The lowest BCUT2D eigenvalue weighted by Gasteiger charge is -2.21. The van der Waals surface area contributed by atoms with Crippen LogP contribution in [0.3, 0.4) is 0 Å². The molecule has 1 unspecified atom stereocenters. The van der Waals surface area contributed by atoms with Gasteiger partial charge in [0.25, 0.3) is 0 Å². The lowest BCUT2D eigenvalue weighted by Crippen LogP contribution is -2.42. The summed E-state index contributed by atoms with van der Waals surface area (Å²) < 4.78 is 23.8. The van der Waals surface area contributed by atoms with Crippen LogP contribution in [0.1, 0.15) is 32.9 Å². The third-order valence-corrected chi connectivity index (χ3v) is 3.56. The predicted molar refractivity (Wildman–Crippen MR) is 95.5 cm³/mol. The van der Waals surface area contributed by atoms with E-state index in [1.54, 1.807) is 0 Å². The van der Waals surface area contributed by atoms with Crippen molar-refractivity contribution in [3.8, 4) is 11.5 Å². The fraction of sp³-hybridized carbons (Fsp3) is 0.421. The van der Waals surface area contributed by atoms with Gasteiger partial charge < -0.3 is 19.6 Å². The van der Waals surface area contributed by atoms with E-state index in [-0.39, 0.29) is 36.8 Å². The third kappa shape index (κ3) is 6.82. The van der Waals surface area contributed by atoms with E-state index in [4.69, 9.17) is 9.15 Å². The van der Waals surface area contributed by atoms with Crippen LogP contribution < -0.4 is 5.32 Å². The largest absolute Gasteiger partial charge is 0.480 e. The Hall–Kier alpha value is -2.74. The smallest absolute Gasteiger partial charge is 0.326 e. The SMILES string of the molecule is CC(C)(C)OCCC(NC(=O)Cc1coc(-c2ccc(F)cc2)n1)C(=O)O. The number of carbonyl (C=O) groups excluding carboxylic acids is 1. The van der Waals surface area contributed by atoms with Crippen LogP contribution in [-0.4, -0.2) is 40.2 Å². The maximum absolute atomic E-state index is 13.0. The first-order valence-corrected chi connectivity index (χ1v) is 8.50. The Morgan fingerprint density at radius 3 is 2.56 bits per heavy atom. The lowest BCUT2D eigenvalue weighted by atomic mass is 10.1. The van der Waals surface area contributed by atoms with Gasteiger partial charge in [0.05, 0.1) is 17.7 Å². The number of carboxylic acid groups (broad SMARTS) is 1. The normalized spacial score (nSPS) is 12.6. The number of ether oxygens (including phenoxy) is 1. The quantitative estimate of drug-likeness (QED) is 0.732. The van der Waals surface area contributed by atoms with Crippen LogP contribution in [0.5, 0.6) is 0 Å². The van der Waals surface area contributed by atoms with Gasteiger partial charge in [0.1, 0.15) is 18.1 Å². The zero-order valence-corrected chi connectivity index (χ0v) is 15.5. The summed E-state index contributed by atoms with van der Waals surface area (Å²) in [5.74, 6) is -1.74. The number of amides is 1. The van der Waals surface area contributed by atoms with Crippen LogP contribution in [0.2, 0.25) is 0 Å². The predicted octanol–water partition coefficient (Wildman–Crippen LogP) is 2.80. The fourth-order valence-corrected chi connectivity index (χ4v) is 2.26. The molecular weight excluding hydrogens is 355 g/mol. The number of benzene rings is 1. The maximum atomic E-state index is 13.0. The van der Waals surface area contributed by atoms with E-state index >= 15 is 0 Å². The number of rotatable bonds is 8. The topological polar surface area (TPSA) is 102 Å². The first-order chi connectivity index (χ1) is 12.6. The van der Waals surface area contributed by atoms with E-state index in [2.05, 4.69) is 10.3 Å². The van der Waals surface area contributed by atoms with E-state index in [9.17, 15) is 19.1 Å². The second-order valence-corrected chi connectivity index (χ2v) is 7.04. The van der Waals surface area contributed by atoms with Gasteiger partial charge in [0.2, 0.25) is 11.8 Å². The number of carbonyl (C=O) groups is 2. The first-order valence-electron chi connectivity index (χ1n) is 8.50. The summed E-state index contributed by atoms with van der Waals surface area (Å²) in [7, 11) is 0. The molecule has 1 aromatic heterocycles. The summed E-state index contributed by atoms with van der Waals surface area (Å²) in [5, 5.41) is 11.7. The highest BCUT2D eigenvalue weighted by atomic mass is 19.1. The van der Waals surface area contributed by atoms with E-state index in [1.807, 2.05) is 20.8 Å². The zero-order chi connectivity index (χ0) is 20.0. The van der Waals surface area contributed by atoms with E-state index in [0.717, 1.165) is 0 Å². The minimum Gasteiger partial charge on any atom is -0.480 e. The second-order valence-electron chi connectivity index (χ2n) is 7.04. The summed E-state index contributed by atoms with van der Waals surface area (Å²) in [5.41, 5.74) is 0.539. The summed E-state index contributed by atoms with van der Waals surface area (Å²) in [6.45, 7) is 5.80. The van der Waals surface area contributed by atoms with E-state index in [1.165, 1.54) is 30.5 Å². The number of hydrogen-bond donors (Lipinski definition) is 2. The average Bonchev–Trinajstić information content (AvgIpc) is 3.01. The molecule has 0 aliphatic carbocycles. The first kappa shape index (κ1) is 20.6. The van der Waals surface area contributed by atoms with Gasteiger partial charge in [-0.1, -0.05) is 0 Å². The van der Waals surface area contributed by atoms with Crippen molar-refractivity contribution in [2.75, 3.05) is 6.61 Å². The molecule has 1 atom stereocenters. The molecule has 27 heavy (non-hydrogen) atoms. The molecule has 7 nitrogen and oxygen atoms in total. The standard InChI is InChI=1S/C19H23FN2O5/c1-19(2,3)27-9-8-15(18(24)25)22-16(23)10-14-11-26-17(21-14)12-4-6-13(20)7-5-12/h4-7,11,15H,8-10H2,1-3H3,(H,22,23)(H,24,25). The number of halogens is 1. The Balaban J connectivity index is 1.91. The van der Waals surface area contributed by atoms with Gasteiger partial charge in [-0.15, -0.1) is 0 Å². The second kappa shape index (κ2) is 8.77. The van der Waals surface area contributed by atoms with Gasteiger partial charge in [-0.05, 0) is 45.0 Å². The number of oxazole rings is 1. The number of carboxylic acids is 1. The average molecular weight is 378 g/mol. The minimum absolute atomic E-state index is 0.130. The summed E-state index contributed by atoms with van der Waals surface area (Å²) >= 11 is 0. The van der Waals surface area contributed by atoms with Crippen molar-refractivity contribution in [3.63, 3.8) is 0 Å². The van der Waals surface area contributed by atoms with Gasteiger partial charge in [-0.25, -0.2) is 14.2 Å². The van der Waals surface area contributed by atoms with Crippen molar-refractivity contribution in [1.29, 1.82) is 0 Å². The van der Waals surface area contributed by atoms with Gasteiger partial charge in [0, 0.05) is 18.6 Å². The molecule has 2 rings (SSSR count). The van der Waals surface area contributed by atoms with Crippen molar-refractivity contribution >= 4 is 11.9 Å². The van der Waals surface area contributed by atoms with Crippen molar-refractivity contribution in [1.82, 2.24) is 10.3 Å². The summed E-state index contributed by atoms with van der Waals surface area (Å²) in [6.07, 6.45) is 1.34. The van der Waals surface area contributed by atoms with Crippen molar-refractivity contribution in [2.45, 2.75) is 45.3 Å². The monoisotopic (exact) mass is 378 g/mol. The molecule has 1 aromatic carbocycles. The Bertz CT molecular complexity index is 780. The molecule has 1 amide bonds. The maximum Gasteiger partial charge on any atom is 0.326 e. The number of aromatic nitrogens is 1. The Labute approximate surface area is 156 Å². The van der Waals surface area contributed by atoms with Gasteiger partial charge in [-0.2, -0.15) is 0 Å². The van der Waals surface area contributed by atoms with Gasteiger partial charge >= 0.3 is 5.97 Å². The molecule has 146 valence electrons. The highest BCUT2D eigenvalue weighted by Gasteiger charge is 2.22. The van der Waals surface area contributed by atoms with E-state index < -0.39 is 17.9 Å². The number of hydrogen-bond acceptors (Lipinski definition) is 5. The van der Waals surface area contributed by atoms with Gasteiger partial charge in [0.15, 0.2) is 0 Å². The molecule has 0 aliphatic heterocycles. The van der Waals surface area contributed by atoms with Crippen LogP contribution >= 0.6 is 0 Å². The van der Waals surface area contributed by atoms with Gasteiger partial charge in [-0.3, -0.25) is 4.79 Å². The fourth-order valence-electron chi connectivity index (χ4n) is 2.26. The van der Waals surface area contributed by atoms with E-state index in [0.29, 0.717) is 11.3 Å². The van der Waals surface area contributed by atoms with Crippen molar-refractivity contribution in [2.24, 2.45) is 0 Å². The van der Waals surface area contributed by atoms with Crippen molar-refractivity contribution < 1.29 is 28.2 Å². The number of aliphatic carboxylic acids is 1. The molecule has 0 saturated heterocycles. The summed E-state index contributed by atoms with van der Waals surface area (Å²) in [6, 6.07) is 4.54. The molecule has 0 fully saturated rings. The molecule has 2 N–H and O–H groups in total. The third-order valence-electron chi connectivity index (χ3n) is 3.56. The van der Waals surface area contributed by atoms with Crippen LogP contribution in [0.25, 0.3) is 11.5 Å². The van der Waals surface area contributed by atoms with Crippen LogP contribution in [0.4, 0.5) is 4.39 Å². The van der Waals surface area contributed by atoms with Crippen LogP contribution in [-0.2, 0) is 20.7 Å². The Morgan fingerprint density at radius 1 is 1.30 bits per heavy atom. The highest BCUT2D eigenvalue weighted by Crippen LogP contribution is 2.19. The molecular formula is C19H23FN2O5. The molecule has 8 heteroatoms. The molecule has 2 aromatic rings. The Morgan fingerprint density at radius 2 is 1.96 bits per heavy atom. The molecule has 0 bridgehead atoms. The summed E-state index contributed by atoms with van der Waals surface area (Å²) in [4.78, 5) is 27.6. The zero-order valence-electron chi connectivity index (χ0n) is 15.5. The molecule has 0 radical (unpaired) electrons.